The first kappa shape index (κ1) is 22.9. The summed E-state index contributed by atoms with van der Waals surface area (Å²) in [5, 5.41) is 4.66. The third-order valence-electron chi connectivity index (χ3n) is 4.68. The van der Waals surface area contributed by atoms with Crippen molar-refractivity contribution in [1.82, 2.24) is 29.3 Å². The number of nitrogens with one attached hydrogen (secondary N) is 2. The molecule has 0 atom stereocenters. The smallest absolute Gasteiger partial charge is 0.333 e. The highest BCUT2D eigenvalue weighted by Crippen LogP contribution is 2.10. The molecule has 0 aliphatic rings. The van der Waals surface area contributed by atoms with E-state index in [2.05, 4.69) is 15.6 Å². The maximum Gasteiger partial charge on any atom is 0.333 e. The number of nitrogens with zero attached hydrogens (tertiary/aromatic N) is 4. The van der Waals surface area contributed by atoms with E-state index in [0.29, 0.717) is 13.2 Å². The van der Waals surface area contributed by atoms with E-state index in [0.717, 1.165) is 10.1 Å². The van der Waals surface area contributed by atoms with Gasteiger partial charge in [0.15, 0.2) is 11.2 Å². The molecule has 170 valence electrons. The maximum atomic E-state index is 13.2. The molecule has 2 aromatic heterocycles. The van der Waals surface area contributed by atoms with Gasteiger partial charge in [-0.2, -0.15) is 0 Å². The Morgan fingerprint density at radius 3 is 2.50 bits per heavy atom. The van der Waals surface area contributed by atoms with Crippen LogP contribution in [0.1, 0.15) is 19.4 Å². The summed E-state index contributed by atoms with van der Waals surface area (Å²) in [5.41, 5.74) is -0.135. The molecular weight excluding hydrogens is 416 g/mol. The Morgan fingerprint density at radius 2 is 1.84 bits per heavy atom. The molecule has 3 amide bonds. The maximum absolute atomic E-state index is 13.2. The van der Waals surface area contributed by atoms with Crippen LogP contribution in [-0.2, 0) is 29.2 Å². The Bertz CT molecular complexity index is 1230. The first-order valence-electron chi connectivity index (χ1n) is 10.1. The lowest BCUT2D eigenvalue weighted by molar-refractivity contribution is -0.120. The Kier molecular flexibility index (Phi) is 7.21. The van der Waals surface area contributed by atoms with E-state index in [1.165, 1.54) is 18.0 Å². The molecule has 0 unspecified atom stereocenters. The summed E-state index contributed by atoms with van der Waals surface area (Å²) >= 11 is 0. The van der Waals surface area contributed by atoms with Gasteiger partial charge in [-0.15, -0.1) is 0 Å². The van der Waals surface area contributed by atoms with Crippen LogP contribution >= 0.6 is 0 Å². The van der Waals surface area contributed by atoms with E-state index in [1.807, 2.05) is 30.3 Å². The number of carbonyl (C=O) groups excluding carboxylic acids is 2. The molecule has 11 nitrogen and oxygen atoms in total. The summed E-state index contributed by atoms with van der Waals surface area (Å²) < 4.78 is 8.83. The van der Waals surface area contributed by atoms with Gasteiger partial charge in [-0.25, -0.2) is 19.1 Å². The molecule has 3 aromatic rings. The van der Waals surface area contributed by atoms with Crippen molar-refractivity contribution in [3.8, 4) is 0 Å². The summed E-state index contributed by atoms with van der Waals surface area (Å²) in [5.74, 6) is -0.782. The van der Waals surface area contributed by atoms with E-state index in [4.69, 9.17) is 4.74 Å². The number of hydrogen-bond donors (Lipinski definition) is 2. The van der Waals surface area contributed by atoms with Crippen molar-refractivity contribution in [2.45, 2.75) is 39.5 Å². The van der Waals surface area contributed by atoms with Crippen molar-refractivity contribution in [1.29, 1.82) is 0 Å². The molecule has 0 bridgehead atoms. The lowest BCUT2D eigenvalue weighted by Crippen LogP contribution is -2.48. The van der Waals surface area contributed by atoms with E-state index >= 15 is 0 Å². The molecule has 0 spiro atoms. The van der Waals surface area contributed by atoms with Gasteiger partial charge in [0.1, 0.15) is 6.54 Å². The van der Waals surface area contributed by atoms with Crippen molar-refractivity contribution < 1.29 is 14.3 Å². The minimum atomic E-state index is -0.782. The van der Waals surface area contributed by atoms with E-state index in [1.54, 1.807) is 18.4 Å². The molecule has 0 aliphatic heterocycles. The molecule has 2 heterocycles. The van der Waals surface area contributed by atoms with Crippen LogP contribution in [0.3, 0.4) is 0 Å². The fourth-order valence-corrected chi connectivity index (χ4v) is 3.25. The topological polar surface area (TPSA) is 129 Å². The van der Waals surface area contributed by atoms with Crippen LogP contribution in [0.25, 0.3) is 11.2 Å². The third kappa shape index (κ3) is 5.11. The highest BCUT2D eigenvalue weighted by atomic mass is 16.5. The fraction of sp³-hybridized carbons (Fsp3) is 0.381. The van der Waals surface area contributed by atoms with Gasteiger partial charge < -0.3 is 14.6 Å². The second-order valence-electron chi connectivity index (χ2n) is 7.52. The Labute approximate surface area is 183 Å². The molecule has 32 heavy (non-hydrogen) atoms. The SMILES string of the molecule is COCCn1cnc2c1c(=O)n(CC(=O)NC(=O)NC(C)C)c(=O)n2Cc1ccccc1. The van der Waals surface area contributed by atoms with E-state index in [9.17, 15) is 19.2 Å². The molecule has 0 saturated carbocycles. The number of imidazole rings is 1. The van der Waals surface area contributed by atoms with Gasteiger partial charge in [-0.1, -0.05) is 30.3 Å². The second kappa shape index (κ2) is 10.1. The van der Waals surface area contributed by atoms with Gasteiger partial charge >= 0.3 is 11.7 Å². The minimum Gasteiger partial charge on any atom is -0.383 e. The largest absolute Gasteiger partial charge is 0.383 e. The van der Waals surface area contributed by atoms with Crippen LogP contribution < -0.4 is 21.9 Å². The monoisotopic (exact) mass is 442 g/mol. The average Bonchev–Trinajstić information content (AvgIpc) is 3.16. The van der Waals surface area contributed by atoms with Crippen LogP contribution in [-0.4, -0.2) is 50.4 Å². The molecule has 0 fully saturated rings. The zero-order valence-corrected chi connectivity index (χ0v) is 18.2. The summed E-state index contributed by atoms with van der Waals surface area (Å²) in [6.45, 7) is 3.71. The molecule has 11 heteroatoms. The van der Waals surface area contributed by atoms with E-state index < -0.39 is 29.7 Å². The number of fused-ring (bicyclic) bond motifs is 1. The number of aromatic nitrogens is 4. The van der Waals surface area contributed by atoms with Crippen LogP contribution in [0.5, 0.6) is 0 Å². The standard InChI is InChI=1S/C21H26N6O5/c1-14(2)23-20(30)24-16(28)12-27-19(29)17-18(22-13-25(17)9-10-32-3)26(21(27)31)11-15-7-5-4-6-8-15/h4-8,13-14H,9-12H2,1-3H3,(H2,23,24,28,30). The van der Waals surface area contributed by atoms with Crippen molar-refractivity contribution >= 4 is 23.1 Å². The zero-order valence-electron chi connectivity index (χ0n) is 18.2. The Morgan fingerprint density at radius 1 is 1.12 bits per heavy atom. The molecule has 0 saturated heterocycles. The molecular formula is C21H26N6O5. The Hall–Kier alpha value is -3.73. The van der Waals surface area contributed by atoms with Crippen molar-refractivity contribution in [2.24, 2.45) is 0 Å². The van der Waals surface area contributed by atoms with Gasteiger partial charge in [0.25, 0.3) is 5.56 Å². The summed E-state index contributed by atoms with van der Waals surface area (Å²) in [6.07, 6.45) is 1.46. The van der Waals surface area contributed by atoms with Crippen LogP contribution in [0.2, 0.25) is 0 Å². The number of urea groups is 1. The number of amides is 3. The number of carbonyl (C=O) groups is 2. The van der Waals surface area contributed by atoms with Crippen LogP contribution in [0.4, 0.5) is 4.79 Å². The lowest BCUT2D eigenvalue weighted by Gasteiger charge is -2.13. The average molecular weight is 442 g/mol. The molecule has 3 rings (SSSR count). The number of benzene rings is 1. The molecule has 2 N–H and O–H groups in total. The summed E-state index contributed by atoms with van der Waals surface area (Å²) in [7, 11) is 1.54. The first-order valence-corrected chi connectivity index (χ1v) is 10.1. The summed E-state index contributed by atoms with van der Waals surface area (Å²) in [4.78, 5) is 54.9. The summed E-state index contributed by atoms with van der Waals surface area (Å²) in [6, 6.07) is 8.34. The molecule has 1 aromatic carbocycles. The molecule has 0 aliphatic carbocycles. The van der Waals surface area contributed by atoms with Gasteiger partial charge in [0, 0.05) is 19.7 Å². The third-order valence-corrected chi connectivity index (χ3v) is 4.68. The Balaban J connectivity index is 2.06. The quantitative estimate of drug-likeness (QED) is 0.516. The number of methoxy groups -OCH3 is 1. The van der Waals surface area contributed by atoms with Crippen LogP contribution in [0.15, 0.2) is 46.2 Å². The predicted octanol–water partition coefficient (Wildman–Crippen LogP) is 0.289. The zero-order chi connectivity index (χ0) is 23.3. The van der Waals surface area contributed by atoms with Crippen molar-refractivity contribution in [3.05, 3.63) is 63.1 Å². The number of rotatable bonds is 8. The van der Waals surface area contributed by atoms with E-state index in [-0.39, 0.29) is 23.8 Å². The van der Waals surface area contributed by atoms with Gasteiger partial charge in [0.2, 0.25) is 5.91 Å². The van der Waals surface area contributed by atoms with Gasteiger partial charge in [0.05, 0.1) is 19.5 Å². The minimum absolute atomic E-state index is 0.160. The predicted molar refractivity (Wildman–Crippen MR) is 117 cm³/mol. The van der Waals surface area contributed by atoms with Crippen molar-refractivity contribution in [3.63, 3.8) is 0 Å². The number of imide groups is 1. The number of ether oxygens (including phenoxy) is 1. The highest BCUT2D eigenvalue weighted by molar-refractivity contribution is 5.94. The van der Waals surface area contributed by atoms with Crippen molar-refractivity contribution in [2.75, 3.05) is 13.7 Å². The highest BCUT2D eigenvalue weighted by Gasteiger charge is 2.20. The normalized spacial score (nSPS) is 11.1. The van der Waals surface area contributed by atoms with Gasteiger partial charge in [-0.05, 0) is 19.4 Å². The van der Waals surface area contributed by atoms with Gasteiger partial charge in [-0.3, -0.25) is 19.5 Å². The first-order chi connectivity index (χ1) is 15.3. The number of hydrogen-bond acceptors (Lipinski definition) is 6. The second-order valence-corrected chi connectivity index (χ2v) is 7.52. The lowest BCUT2D eigenvalue weighted by atomic mass is 10.2. The fourth-order valence-electron chi connectivity index (χ4n) is 3.25. The van der Waals surface area contributed by atoms with Crippen LogP contribution in [0, 0.1) is 0 Å². The molecule has 0 radical (unpaired) electrons.